The summed E-state index contributed by atoms with van der Waals surface area (Å²) in [7, 11) is 5.07. The third kappa shape index (κ3) is 3.74. The van der Waals surface area contributed by atoms with Gasteiger partial charge in [-0.2, -0.15) is 0 Å². The molecule has 2 aliphatic heterocycles. The third-order valence-corrected chi connectivity index (χ3v) is 5.64. The fourth-order valence-corrected chi connectivity index (χ4v) is 3.92. The molecule has 0 radical (unpaired) electrons. The molecule has 0 spiro atoms. The van der Waals surface area contributed by atoms with E-state index >= 15 is 0 Å². The van der Waals surface area contributed by atoms with Crippen LogP contribution >= 0.6 is 0 Å². The molecule has 4 rings (SSSR count). The first-order chi connectivity index (χ1) is 14.9. The molecule has 0 atom stereocenters. The number of benzene rings is 2. The van der Waals surface area contributed by atoms with E-state index in [1.54, 1.807) is 18.2 Å². The third-order valence-electron chi connectivity index (χ3n) is 5.64. The minimum Gasteiger partial charge on any atom is -0.493 e. The zero-order valence-electron chi connectivity index (χ0n) is 17.7. The molecular weight excluding hydrogens is 401 g/mol. The molecule has 1 saturated heterocycles. The maximum Gasteiger partial charge on any atom is 0.282 e. The largest absolute Gasteiger partial charge is 0.493 e. The van der Waals surface area contributed by atoms with Gasteiger partial charge in [-0.1, -0.05) is 6.07 Å². The molecule has 0 aliphatic carbocycles. The van der Waals surface area contributed by atoms with Crippen LogP contribution in [0.2, 0.25) is 0 Å². The first-order valence-electron chi connectivity index (χ1n) is 9.99. The van der Waals surface area contributed by atoms with E-state index in [4.69, 9.17) is 9.47 Å². The molecule has 1 fully saturated rings. The molecule has 0 N–H and O–H groups in total. The molecule has 0 bridgehead atoms. The molecule has 0 aromatic heterocycles. The minimum atomic E-state index is -0.447. The normalized spacial score (nSPS) is 17.5. The first kappa shape index (κ1) is 20.9. The van der Waals surface area contributed by atoms with Crippen molar-refractivity contribution in [1.82, 2.24) is 9.80 Å². The van der Waals surface area contributed by atoms with Gasteiger partial charge in [-0.15, -0.1) is 0 Å². The van der Waals surface area contributed by atoms with Crippen molar-refractivity contribution in [3.8, 4) is 11.5 Å². The van der Waals surface area contributed by atoms with E-state index < -0.39 is 17.6 Å². The van der Waals surface area contributed by atoms with Crippen LogP contribution in [-0.4, -0.2) is 69.1 Å². The molecule has 2 aliphatic rings. The lowest BCUT2D eigenvalue weighted by molar-refractivity contribution is -0.120. The van der Waals surface area contributed by atoms with Crippen LogP contribution in [0, 0.1) is 5.82 Å². The van der Waals surface area contributed by atoms with Crippen LogP contribution in [0.3, 0.4) is 0 Å². The molecule has 2 aromatic rings. The Hall–Kier alpha value is -3.39. The van der Waals surface area contributed by atoms with Crippen LogP contribution in [0.1, 0.15) is 5.56 Å². The van der Waals surface area contributed by atoms with Crippen molar-refractivity contribution in [2.24, 2.45) is 0 Å². The van der Waals surface area contributed by atoms with Gasteiger partial charge >= 0.3 is 0 Å². The van der Waals surface area contributed by atoms with E-state index in [1.807, 2.05) is 11.9 Å². The maximum atomic E-state index is 13.5. The van der Waals surface area contributed by atoms with Gasteiger partial charge in [-0.05, 0) is 49.0 Å². The molecule has 7 nitrogen and oxygen atoms in total. The van der Waals surface area contributed by atoms with Gasteiger partial charge in [0.25, 0.3) is 11.8 Å². The van der Waals surface area contributed by atoms with Gasteiger partial charge in [0.2, 0.25) is 0 Å². The Morgan fingerprint density at radius 1 is 0.839 bits per heavy atom. The fraction of sp³-hybridized carbons (Fsp3) is 0.304. The number of imide groups is 1. The Labute approximate surface area is 180 Å². The summed E-state index contributed by atoms with van der Waals surface area (Å²) in [6.45, 7) is 2.80. The molecule has 2 aromatic carbocycles. The molecule has 2 amide bonds. The van der Waals surface area contributed by atoms with Crippen LogP contribution < -0.4 is 14.4 Å². The Morgan fingerprint density at radius 3 is 2.10 bits per heavy atom. The molecule has 0 saturated carbocycles. The summed E-state index contributed by atoms with van der Waals surface area (Å²) in [5.74, 6) is -0.301. The number of anilines is 1. The minimum absolute atomic E-state index is 0.305. The van der Waals surface area contributed by atoms with Crippen molar-refractivity contribution in [3.05, 3.63) is 59.5 Å². The van der Waals surface area contributed by atoms with E-state index in [-0.39, 0.29) is 0 Å². The van der Waals surface area contributed by atoms with Crippen molar-refractivity contribution < 1.29 is 23.5 Å². The van der Waals surface area contributed by atoms with E-state index in [2.05, 4.69) is 4.90 Å². The van der Waals surface area contributed by atoms with Crippen molar-refractivity contribution in [1.29, 1.82) is 0 Å². The lowest BCUT2D eigenvalue weighted by Crippen LogP contribution is -2.46. The van der Waals surface area contributed by atoms with Crippen LogP contribution in [0.15, 0.2) is 48.2 Å². The zero-order valence-corrected chi connectivity index (χ0v) is 17.7. The van der Waals surface area contributed by atoms with Gasteiger partial charge < -0.3 is 19.3 Å². The summed E-state index contributed by atoms with van der Waals surface area (Å²) in [6, 6.07) is 10.5. The second kappa shape index (κ2) is 8.39. The van der Waals surface area contributed by atoms with E-state index in [1.165, 1.54) is 38.5 Å². The number of likely N-dealkylation sites (N-methyl/N-ethyl adjacent to an activating group) is 1. The number of piperazine rings is 1. The van der Waals surface area contributed by atoms with Gasteiger partial charge in [0, 0.05) is 26.2 Å². The Morgan fingerprint density at radius 2 is 1.48 bits per heavy atom. The van der Waals surface area contributed by atoms with Crippen molar-refractivity contribution in [2.45, 2.75) is 0 Å². The zero-order chi connectivity index (χ0) is 22.1. The molecular formula is C23H24FN3O4. The number of rotatable bonds is 5. The summed E-state index contributed by atoms with van der Waals surface area (Å²) in [4.78, 5) is 32.2. The van der Waals surface area contributed by atoms with Crippen molar-refractivity contribution in [2.75, 3.05) is 52.3 Å². The van der Waals surface area contributed by atoms with Crippen LogP contribution in [0.5, 0.6) is 11.5 Å². The second-order valence-corrected chi connectivity index (χ2v) is 7.51. The maximum absolute atomic E-state index is 13.5. The molecule has 31 heavy (non-hydrogen) atoms. The van der Waals surface area contributed by atoms with Crippen LogP contribution in [-0.2, 0) is 9.59 Å². The molecule has 2 heterocycles. The quantitative estimate of drug-likeness (QED) is 0.686. The average molecular weight is 425 g/mol. The number of methoxy groups -OCH3 is 2. The average Bonchev–Trinajstić information content (AvgIpc) is 3.04. The van der Waals surface area contributed by atoms with Crippen molar-refractivity contribution >= 4 is 23.1 Å². The number of hydrogen-bond donors (Lipinski definition) is 0. The summed E-state index contributed by atoms with van der Waals surface area (Å²) in [6.07, 6.45) is 0. The number of carbonyl (C=O) groups excluding carboxylic acids is 2. The second-order valence-electron chi connectivity index (χ2n) is 7.51. The van der Waals surface area contributed by atoms with Gasteiger partial charge in [0.1, 0.15) is 11.5 Å². The topological polar surface area (TPSA) is 62.3 Å². The lowest BCUT2D eigenvalue weighted by atomic mass is 10.0. The van der Waals surface area contributed by atoms with Crippen molar-refractivity contribution in [3.63, 3.8) is 0 Å². The Balaban J connectivity index is 1.83. The van der Waals surface area contributed by atoms with Gasteiger partial charge in [0.15, 0.2) is 11.5 Å². The van der Waals surface area contributed by atoms with E-state index in [9.17, 15) is 14.0 Å². The summed E-state index contributed by atoms with van der Waals surface area (Å²) in [5.41, 5.74) is 1.56. The highest BCUT2D eigenvalue weighted by atomic mass is 19.1. The number of amides is 2. The molecule has 0 unspecified atom stereocenters. The standard InChI is InChI=1S/C23H24FN3O4/c1-25-10-12-26(13-11-25)21-20(15-4-9-18(30-2)19(14-15)31-3)22(28)27(23(21)29)17-7-5-16(24)6-8-17/h4-9,14H,10-13H2,1-3H3. The Bertz CT molecular complexity index is 1040. The smallest absolute Gasteiger partial charge is 0.282 e. The van der Waals surface area contributed by atoms with Crippen LogP contribution in [0.4, 0.5) is 10.1 Å². The number of nitrogens with zero attached hydrogens (tertiary/aromatic N) is 3. The molecule has 8 heteroatoms. The monoisotopic (exact) mass is 425 g/mol. The van der Waals surface area contributed by atoms with Gasteiger partial charge in [0.05, 0.1) is 25.5 Å². The fourth-order valence-electron chi connectivity index (χ4n) is 3.92. The summed E-state index contributed by atoms with van der Waals surface area (Å²) < 4.78 is 24.1. The van der Waals surface area contributed by atoms with E-state index in [0.717, 1.165) is 18.0 Å². The number of carbonyl (C=O) groups is 2. The number of hydrogen-bond acceptors (Lipinski definition) is 6. The summed E-state index contributed by atoms with van der Waals surface area (Å²) in [5, 5.41) is 0. The highest BCUT2D eigenvalue weighted by Crippen LogP contribution is 2.38. The summed E-state index contributed by atoms with van der Waals surface area (Å²) >= 11 is 0. The van der Waals surface area contributed by atoms with E-state index in [0.29, 0.717) is 47.1 Å². The highest BCUT2D eigenvalue weighted by Gasteiger charge is 2.43. The lowest BCUT2D eigenvalue weighted by Gasteiger charge is -2.34. The highest BCUT2D eigenvalue weighted by molar-refractivity contribution is 6.45. The number of halogens is 1. The predicted molar refractivity (Wildman–Crippen MR) is 114 cm³/mol. The molecule has 162 valence electrons. The van der Waals surface area contributed by atoms with Crippen LogP contribution in [0.25, 0.3) is 5.57 Å². The predicted octanol–water partition coefficient (Wildman–Crippen LogP) is 2.37. The number of ether oxygens (including phenoxy) is 2. The Kier molecular flexibility index (Phi) is 5.65. The first-order valence-corrected chi connectivity index (χ1v) is 9.99. The van der Waals surface area contributed by atoms with Gasteiger partial charge in [-0.3, -0.25) is 9.59 Å². The van der Waals surface area contributed by atoms with Gasteiger partial charge in [-0.25, -0.2) is 9.29 Å². The SMILES string of the molecule is COc1ccc(C2=C(N3CCN(C)CC3)C(=O)N(c3ccc(F)cc3)C2=O)cc1OC.